The van der Waals surface area contributed by atoms with Crippen molar-refractivity contribution in [3.8, 4) is 0 Å². The molecule has 0 radical (unpaired) electrons. The summed E-state index contributed by atoms with van der Waals surface area (Å²) in [5, 5.41) is 51.6. The van der Waals surface area contributed by atoms with E-state index in [9.17, 15) is 34.2 Å². The number of nitrogens with two attached hydrogens (primary N) is 1. The van der Waals surface area contributed by atoms with Crippen LogP contribution in [-0.4, -0.2) is 105 Å². The molecule has 2 aliphatic rings. The highest BCUT2D eigenvalue weighted by Gasteiger charge is 2.35. The Kier molecular flexibility index (Phi) is 10.5. The average Bonchev–Trinajstić information content (AvgIpc) is 2.92. The van der Waals surface area contributed by atoms with E-state index >= 15 is 0 Å². The van der Waals surface area contributed by atoms with Gasteiger partial charge in [-0.3, -0.25) is 20.1 Å². The van der Waals surface area contributed by atoms with E-state index in [2.05, 4.69) is 31.6 Å². The summed E-state index contributed by atoms with van der Waals surface area (Å²) in [6, 6.07) is 3.40. The number of aliphatic hydroxyl groups excluding tert-OH is 1. The van der Waals surface area contributed by atoms with Crippen LogP contribution in [0.5, 0.6) is 0 Å². The second-order valence-corrected chi connectivity index (χ2v) is 9.74. The number of rotatable bonds is 14. The summed E-state index contributed by atoms with van der Waals surface area (Å²) in [4.78, 5) is 63.0. The van der Waals surface area contributed by atoms with Gasteiger partial charge in [0, 0.05) is 44.2 Å². The third kappa shape index (κ3) is 8.47. The van der Waals surface area contributed by atoms with Gasteiger partial charge in [-0.15, -0.1) is 0 Å². The lowest BCUT2D eigenvalue weighted by Crippen LogP contribution is -2.88. The molecule has 1 aromatic carbocycles. The van der Waals surface area contributed by atoms with E-state index in [-0.39, 0.29) is 30.4 Å². The zero-order chi connectivity index (χ0) is 31.0. The first-order valence-corrected chi connectivity index (χ1v) is 13.0. The minimum Gasteiger partial charge on any atom is -0.481 e. The van der Waals surface area contributed by atoms with E-state index < -0.39 is 60.9 Å². The fourth-order valence-corrected chi connectivity index (χ4v) is 4.39. The molecule has 1 aromatic rings. The lowest BCUT2D eigenvalue weighted by atomic mass is 10.1. The molecule has 1 unspecified atom stereocenters. The Bertz CT molecular complexity index is 1270. The van der Waals surface area contributed by atoms with Crippen LogP contribution in [0.25, 0.3) is 0 Å². The number of aliphatic hydroxyl groups is 1. The first-order valence-electron chi connectivity index (χ1n) is 13.0. The maximum atomic E-state index is 12.7. The van der Waals surface area contributed by atoms with Gasteiger partial charge in [0.15, 0.2) is 5.82 Å². The molecule has 228 valence electrons. The molecule has 17 heteroatoms. The molecule has 0 aromatic heterocycles. The molecular formula is C25H35N8O9+. The van der Waals surface area contributed by atoms with E-state index in [4.69, 9.17) is 15.9 Å². The van der Waals surface area contributed by atoms with E-state index in [1.54, 1.807) is 12.1 Å². The summed E-state index contributed by atoms with van der Waals surface area (Å²) < 4.78 is 0. The van der Waals surface area contributed by atoms with Gasteiger partial charge in [0.25, 0.3) is 5.91 Å². The van der Waals surface area contributed by atoms with Gasteiger partial charge >= 0.3 is 23.9 Å². The number of carboxylic acid groups (broad SMARTS) is 3. The Labute approximate surface area is 239 Å². The van der Waals surface area contributed by atoms with Gasteiger partial charge in [0.05, 0.1) is 6.04 Å². The van der Waals surface area contributed by atoms with E-state index in [1.165, 1.54) is 12.1 Å². The number of hydrogen-bond donors (Lipinski definition) is 11. The second kappa shape index (κ2) is 14.0. The van der Waals surface area contributed by atoms with Crippen molar-refractivity contribution >= 4 is 41.4 Å². The first-order chi connectivity index (χ1) is 19.8. The second-order valence-electron chi connectivity index (χ2n) is 9.74. The average molecular weight is 592 g/mol. The summed E-state index contributed by atoms with van der Waals surface area (Å²) in [5.74, 6) is -4.64. The normalized spacial score (nSPS) is 19.2. The van der Waals surface area contributed by atoms with Crippen LogP contribution >= 0.6 is 0 Å². The molecule has 2 heterocycles. The fraction of sp³-hybridized carbons (Fsp3) is 0.440. The molecule has 17 nitrogen and oxygen atoms in total. The highest BCUT2D eigenvalue weighted by Crippen LogP contribution is 2.18. The van der Waals surface area contributed by atoms with Gasteiger partial charge in [0.2, 0.25) is 12.1 Å². The Hall–Kier alpha value is -5.06. The SMILES string of the molecule is CN1C2=C(NC[C@@H]1CNc1ccc(C(=O)N[C@@H](CCC(=O)N[C@@H](CCC(=O)O)C(=O)O)C(=O)O)cc1)NC(N)=[NH+]C2O. The van der Waals surface area contributed by atoms with Gasteiger partial charge in [0.1, 0.15) is 17.8 Å². The number of hydrogen-bond acceptors (Lipinski definition) is 11. The summed E-state index contributed by atoms with van der Waals surface area (Å²) in [5.41, 5.74) is 7.20. The molecule has 3 rings (SSSR count). The van der Waals surface area contributed by atoms with Crippen LogP contribution in [0.4, 0.5) is 5.69 Å². The molecular weight excluding hydrogens is 556 g/mol. The van der Waals surface area contributed by atoms with E-state index in [0.29, 0.717) is 30.3 Å². The molecule has 2 amide bonds. The highest BCUT2D eigenvalue weighted by molar-refractivity contribution is 5.97. The summed E-state index contributed by atoms with van der Waals surface area (Å²) >= 11 is 0. The minimum absolute atomic E-state index is 0.0410. The van der Waals surface area contributed by atoms with Crippen LogP contribution in [0.1, 0.15) is 36.0 Å². The van der Waals surface area contributed by atoms with Gasteiger partial charge < -0.3 is 46.6 Å². The Morgan fingerprint density at radius 3 is 2.26 bits per heavy atom. The minimum atomic E-state index is -1.44. The molecule has 0 aliphatic carbocycles. The van der Waals surface area contributed by atoms with E-state index in [0.717, 1.165) is 0 Å². The van der Waals surface area contributed by atoms with Crippen LogP contribution in [-0.2, 0) is 19.2 Å². The molecule has 0 saturated heterocycles. The Balaban J connectivity index is 1.50. The number of nitrogens with zero attached hydrogens (tertiary/aromatic N) is 1. The molecule has 0 saturated carbocycles. The zero-order valence-electron chi connectivity index (χ0n) is 22.7. The van der Waals surface area contributed by atoms with Crippen molar-refractivity contribution in [2.24, 2.45) is 5.73 Å². The molecule has 0 bridgehead atoms. The number of carbonyl (C=O) groups is 5. The monoisotopic (exact) mass is 591 g/mol. The van der Waals surface area contributed by atoms with Gasteiger partial charge in [-0.2, -0.15) is 0 Å². The number of guanidine groups is 1. The number of amides is 2. The van der Waals surface area contributed by atoms with Crippen LogP contribution in [0.15, 0.2) is 35.8 Å². The van der Waals surface area contributed by atoms with Gasteiger partial charge in [-0.1, -0.05) is 0 Å². The third-order valence-electron chi connectivity index (χ3n) is 6.74. The van der Waals surface area contributed by atoms with Gasteiger partial charge in [-0.05, 0) is 37.1 Å². The van der Waals surface area contributed by atoms with Crippen LogP contribution in [0, 0.1) is 0 Å². The summed E-state index contributed by atoms with van der Waals surface area (Å²) in [7, 11) is 1.84. The van der Waals surface area contributed by atoms with Crippen molar-refractivity contribution in [2.45, 2.75) is 50.0 Å². The number of carbonyl (C=O) groups excluding carboxylic acids is 2. The fourth-order valence-electron chi connectivity index (χ4n) is 4.39. The summed E-state index contributed by atoms with van der Waals surface area (Å²) in [6.45, 7) is 1.05. The van der Waals surface area contributed by atoms with Crippen LogP contribution in [0.3, 0.4) is 0 Å². The number of benzene rings is 1. The standard InChI is InChI=1S/C25H34N8O9/c1-33-14(11-28-20-19(33)22(38)32-25(26)31-20)10-27-13-4-2-12(3-5-13)21(37)30-16(24(41)42)6-8-17(34)29-15(23(39)40)7-9-18(35)36/h2-5,14-16,22,27-28,38H,6-11H2,1H3,(H,29,34)(H,30,37)(H,35,36)(H,39,40)(H,41,42)(H3,26,31,32)/p+1/t14-,15-,16-,22?/m0/s1. The number of anilines is 1. The topological polar surface area (TPSA) is 270 Å². The van der Waals surface area contributed by atoms with Crippen molar-refractivity contribution in [3.63, 3.8) is 0 Å². The lowest BCUT2D eigenvalue weighted by molar-refractivity contribution is -0.551. The molecule has 42 heavy (non-hydrogen) atoms. The van der Waals surface area contributed by atoms with E-state index in [1.807, 2.05) is 11.9 Å². The lowest BCUT2D eigenvalue weighted by Gasteiger charge is -2.39. The van der Waals surface area contributed by atoms with Crippen molar-refractivity contribution in [2.75, 3.05) is 25.5 Å². The van der Waals surface area contributed by atoms with Gasteiger partial charge in [-0.25, -0.2) is 19.9 Å². The molecule has 0 fully saturated rings. The molecule has 4 atom stereocenters. The molecule has 12 N–H and O–H groups in total. The number of aliphatic carboxylic acids is 3. The first kappa shape index (κ1) is 31.5. The zero-order valence-corrected chi connectivity index (χ0v) is 22.7. The summed E-state index contributed by atoms with van der Waals surface area (Å²) in [6.07, 6.45) is -2.51. The predicted octanol–water partition coefficient (Wildman–Crippen LogP) is -4.11. The maximum Gasteiger partial charge on any atom is 0.349 e. The maximum absolute atomic E-state index is 12.7. The third-order valence-corrected chi connectivity index (χ3v) is 6.74. The largest absolute Gasteiger partial charge is 0.481 e. The quantitative estimate of drug-likeness (QED) is 0.0981. The molecule has 0 spiro atoms. The Morgan fingerprint density at radius 2 is 1.64 bits per heavy atom. The van der Waals surface area contributed by atoms with Crippen LogP contribution in [0.2, 0.25) is 0 Å². The predicted molar refractivity (Wildman–Crippen MR) is 145 cm³/mol. The van der Waals surface area contributed by atoms with Crippen molar-refractivity contribution in [3.05, 3.63) is 41.3 Å². The smallest absolute Gasteiger partial charge is 0.349 e. The number of likely N-dealkylation sites (N-methyl/N-ethyl adjacent to an activating group) is 1. The van der Waals surface area contributed by atoms with Crippen molar-refractivity contribution in [1.82, 2.24) is 26.2 Å². The van der Waals surface area contributed by atoms with Crippen LogP contribution < -0.4 is 37.3 Å². The van der Waals surface area contributed by atoms with Crippen molar-refractivity contribution in [1.29, 1.82) is 0 Å². The number of carboxylic acids is 3. The number of nitrogens with one attached hydrogen (secondary N) is 6. The Morgan fingerprint density at radius 1 is 1.02 bits per heavy atom. The molecule has 2 aliphatic heterocycles. The highest BCUT2D eigenvalue weighted by atomic mass is 16.4. The van der Waals surface area contributed by atoms with Crippen molar-refractivity contribution < 1.29 is 49.4 Å².